The van der Waals surface area contributed by atoms with Gasteiger partial charge in [0.25, 0.3) is 0 Å². The third-order valence-corrected chi connectivity index (χ3v) is 8.91. The van der Waals surface area contributed by atoms with Crippen molar-refractivity contribution in [1.82, 2.24) is 9.88 Å². The van der Waals surface area contributed by atoms with E-state index in [0.29, 0.717) is 5.75 Å². The molecular weight excluding hydrogens is 376 g/mol. The number of phenols is 1. The number of rotatable bonds is 1. The number of nitrogens with one attached hydrogen (secondary N) is 1. The van der Waals surface area contributed by atoms with Gasteiger partial charge in [0.2, 0.25) is 0 Å². The number of likely N-dealkylation sites (tertiary alicyclic amines) is 1. The van der Waals surface area contributed by atoms with Crippen molar-refractivity contribution in [3.63, 3.8) is 0 Å². The lowest BCUT2D eigenvalue weighted by Crippen LogP contribution is -2.78. The van der Waals surface area contributed by atoms with Crippen LogP contribution in [0.2, 0.25) is 0 Å². The SMILES string of the molecule is CO[C@@]12Cc3c([nH]c4ccccc34)[C@]3(C)Oc4c(O)ccc5c4[C@@]31CCN(C)[C@H]2C5. The molecule has 4 aliphatic rings. The molecule has 4 atom stereocenters. The number of methoxy groups -OCH3 is 1. The Hall–Kier alpha value is -2.50. The van der Waals surface area contributed by atoms with Gasteiger partial charge in [0.1, 0.15) is 5.60 Å². The molecule has 2 N–H and O–H groups in total. The van der Waals surface area contributed by atoms with Crippen LogP contribution < -0.4 is 4.74 Å². The zero-order valence-corrected chi connectivity index (χ0v) is 17.6. The van der Waals surface area contributed by atoms with Gasteiger partial charge >= 0.3 is 0 Å². The lowest BCUT2D eigenvalue weighted by Gasteiger charge is -2.66. The van der Waals surface area contributed by atoms with Crippen LogP contribution in [0.1, 0.15) is 35.7 Å². The van der Waals surface area contributed by atoms with E-state index in [-0.39, 0.29) is 17.2 Å². The highest BCUT2D eigenvalue weighted by Gasteiger charge is 2.77. The first kappa shape index (κ1) is 17.2. The van der Waals surface area contributed by atoms with E-state index in [1.807, 2.05) is 7.11 Å². The Morgan fingerprint density at radius 3 is 2.90 bits per heavy atom. The fraction of sp³-hybridized carbons (Fsp3) is 0.440. The van der Waals surface area contributed by atoms with E-state index in [1.165, 1.54) is 22.1 Å². The van der Waals surface area contributed by atoms with Gasteiger partial charge in [-0.1, -0.05) is 24.3 Å². The molecule has 5 heteroatoms. The van der Waals surface area contributed by atoms with Gasteiger partial charge in [0.15, 0.2) is 17.1 Å². The topological polar surface area (TPSA) is 57.7 Å². The van der Waals surface area contributed by atoms with Gasteiger partial charge in [-0.15, -0.1) is 0 Å². The molecule has 2 aliphatic carbocycles. The first-order chi connectivity index (χ1) is 14.5. The van der Waals surface area contributed by atoms with E-state index < -0.39 is 11.2 Å². The molecule has 0 saturated carbocycles. The smallest absolute Gasteiger partial charge is 0.166 e. The average Bonchev–Trinajstić information content (AvgIpc) is 3.25. The number of likely N-dealkylation sites (N-methyl/N-ethyl adjacent to an activating group) is 1. The minimum atomic E-state index is -0.633. The number of hydrogen-bond donors (Lipinski definition) is 2. The Balaban J connectivity index is 1.67. The summed E-state index contributed by atoms with van der Waals surface area (Å²) in [7, 11) is 4.10. The number of piperidine rings is 1. The Morgan fingerprint density at radius 2 is 2.07 bits per heavy atom. The van der Waals surface area contributed by atoms with Crippen LogP contribution in [-0.2, 0) is 28.6 Å². The minimum Gasteiger partial charge on any atom is -0.504 e. The van der Waals surface area contributed by atoms with E-state index in [1.54, 1.807) is 6.07 Å². The maximum absolute atomic E-state index is 10.8. The predicted molar refractivity (Wildman–Crippen MR) is 114 cm³/mol. The second kappa shape index (κ2) is 5.04. The van der Waals surface area contributed by atoms with E-state index in [2.05, 4.69) is 54.2 Å². The molecule has 1 fully saturated rings. The number of para-hydroxylation sites is 1. The molecule has 30 heavy (non-hydrogen) atoms. The first-order valence-electron chi connectivity index (χ1n) is 10.9. The molecule has 2 bridgehead atoms. The van der Waals surface area contributed by atoms with Crippen LogP contribution in [-0.4, -0.2) is 47.3 Å². The van der Waals surface area contributed by atoms with Gasteiger partial charge in [-0.05, 0) is 56.6 Å². The fourth-order valence-electron chi connectivity index (χ4n) is 7.71. The normalized spacial score (nSPS) is 35.8. The summed E-state index contributed by atoms with van der Waals surface area (Å²) >= 11 is 0. The largest absolute Gasteiger partial charge is 0.504 e. The number of H-pyrrole nitrogens is 1. The van der Waals surface area contributed by atoms with Crippen LogP contribution in [0.3, 0.4) is 0 Å². The molecule has 3 heterocycles. The van der Waals surface area contributed by atoms with Crippen LogP contribution in [0, 0.1) is 0 Å². The van der Waals surface area contributed by atoms with Crippen molar-refractivity contribution in [2.24, 2.45) is 0 Å². The van der Waals surface area contributed by atoms with Crippen molar-refractivity contribution < 1.29 is 14.6 Å². The highest BCUT2D eigenvalue weighted by atomic mass is 16.5. The summed E-state index contributed by atoms with van der Waals surface area (Å²) in [5, 5.41) is 12.1. The van der Waals surface area contributed by atoms with Crippen molar-refractivity contribution in [1.29, 1.82) is 0 Å². The molecule has 1 spiro atoms. The van der Waals surface area contributed by atoms with Gasteiger partial charge in [0, 0.05) is 36.0 Å². The molecule has 1 saturated heterocycles. The van der Waals surface area contributed by atoms with E-state index in [4.69, 9.17) is 9.47 Å². The number of hydrogen-bond acceptors (Lipinski definition) is 4. The third-order valence-electron chi connectivity index (χ3n) is 8.91. The van der Waals surface area contributed by atoms with Crippen LogP contribution in [0.4, 0.5) is 0 Å². The van der Waals surface area contributed by atoms with Crippen LogP contribution >= 0.6 is 0 Å². The van der Waals surface area contributed by atoms with Crippen LogP contribution in [0.15, 0.2) is 36.4 Å². The molecule has 7 rings (SSSR count). The highest BCUT2D eigenvalue weighted by molar-refractivity contribution is 5.86. The Morgan fingerprint density at radius 1 is 1.23 bits per heavy atom. The highest BCUT2D eigenvalue weighted by Crippen LogP contribution is 2.71. The van der Waals surface area contributed by atoms with Crippen molar-refractivity contribution in [3.05, 3.63) is 58.8 Å². The molecule has 1 aromatic heterocycles. The van der Waals surface area contributed by atoms with Crippen molar-refractivity contribution >= 4 is 10.9 Å². The standard InChI is InChI=1S/C25H26N2O3/c1-23-22-16(15-6-4-5-7-17(15)26-22)13-25(29-3)19-12-14-8-9-18(28)21(30-23)20(14)24(23,25)10-11-27(19)2/h4-9,19,26,28H,10-13H2,1-3H3/t19-,23-,24-,25+/m0/s1. The zero-order chi connectivity index (χ0) is 20.5. The summed E-state index contributed by atoms with van der Waals surface area (Å²) in [6, 6.07) is 12.7. The monoisotopic (exact) mass is 402 g/mol. The Bertz CT molecular complexity index is 1250. The Labute approximate surface area is 175 Å². The second-order valence-electron chi connectivity index (χ2n) is 9.73. The van der Waals surface area contributed by atoms with Gasteiger partial charge < -0.3 is 24.5 Å². The summed E-state index contributed by atoms with van der Waals surface area (Å²) in [5.41, 5.74) is 4.64. The molecule has 0 amide bonds. The number of nitrogens with zero attached hydrogens (tertiary/aromatic N) is 1. The van der Waals surface area contributed by atoms with Gasteiger partial charge in [-0.2, -0.15) is 0 Å². The number of aromatic amines is 1. The van der Waals surface area contributed by atoms with Gasteiger partial charge in [-0.25, -0.2) is 0 Å². The molecule has 154 valence electrons. The number of fused-ring (bicyclic) bond motifs is 4. The Kier molecular flexibility index (Phi) is 2.89. The maximum Gasteiger partial charge on any atom is 0.166 e. The number of benzene rings is 2. The maximum atomic E-state index is 10.8. The van der Waals surface area contributed by atoms with E-state index in [9.17, 15) is 5.11 Å². The molecule has 0 radical (unpaired) electrons. The second-order valence-corrected chi connectivity index (χ2v) is 9.73. The fourth-order valence-corrected chi connectivity index (χ4v) is 7.71. The number of aromatic nitrogens is 1. The average molecular weight is 402 g/mol. The summed E-state index contributed by atoms with van der Waals surface area (Å²) in [6.45, 7) is 3.20. The molecule has 2 aromatic carbocycles. The van der Waals surface area contributed by atoms with Crippen molar-refractivity contribution in [3.8, 4) is 11.5 Å². The minimum absolute atomic E-state index is 0.235. The zero-order valence-electron chi connectivity index (χ0n) is 17.6. The summed E-state index contributed by atoms with van der Waals surface area (Å²) < 4.78 is 13.5. The van der Waals surface area contributed by atoms with E-state index >= 15 is 0 Å². The molecule has 3 aromatic rings. The molecular formula is C25H26N2O3. The summed E-state index contributed by atoms with van der Waals surface area (Å²) in [5.74, 6) is 0.893. The van der Waals surface area contributed by atoms with Gasteiger partial charge in [-0.3, -0.25) is 0 Å². The molecule has 0 unspecified atom stereocenters. The third kappa shape index (κ3) is 1.52. The van der Waals surface area contributed by atoms with Crippen LogP contribution in [0.25, 0.3) is 10.9 Å². The van der Waals surface area contributed by atoms with Crippen molar-refractivity contribution in [2.75, 3.05) is 20.7 Å². The van der Waals surface area contributed by atoms with Gasteiger partial charge in [0.05, 0.1) is 11.1 Å². The number of ether oxygens (including phenoxy) is 2. The van der Waals surface area contributed by atoms with Crippen LogP contribution in [0.5, 0.6) is 11.5 Å². The lowest BCUT2D eigenvalue weighted by molar-refractivity contribution is -0.210. The number of phenolic OH excluding ortho intramolecular Hbond substituents is 1. The lowest BCUT2D eigenvalue weighted by atomic mass is 9.45. The number of aromatic hydroxyl groups is 1. The van der Waals surface area contributed by atoms with E-state index in [0.717, 1.165) is 37.0 Å². The first-order valence-corrected chi connectivity index (χ1v) is 10.9. The quantitative estimate of drug-likeness (QED) is 0.653. The summed E-state index contributed by atoms with van der Waals surface area (Å²) in [6.07, 6.45) is 2.68. The summed E-state index contributed by atoms with van der Waals surface area (Å²) in [4.78, 5) is 6.20. The molecule has 5 nitrogen and oxygen atoms in total. The molecule has 2 aliphatic heterocycles. The predicted octanol–water partition coefficient (Wildman–Crippen LogP) is 3.62. The van der Waals surface area contributed by atoms with Crippen molar-refractivity contribution in [2.45, 2.75) is 48.8 Å².